The number of aromatic nitrogens is 1. The van der Waals surface area contributed by atoms with Crippen molar-refractivity contribution in [3.63, 3.8) is 0 Å². The number of aliphatic hydroxyl groups excluding tert-OH is 1. The Kier molecular flexibility index (Phi) is 7.80. The van der Waals surface area contributed by atoms with Gasteiger partial charge in [0.1, 0.15) is 12.7 Å². The summed E-state index contributed by atoms with van der Waals surface area (Å²) >= 11 is 1.60. The first kappa shape index (κ1) is 21.0. The number of thiophene rings is 1. The van der Waals surface area contributed by atoms with Crippen LogP contribution in [0.3, 0.4) is 0 Å². The first-order valence-corrected chi connectivity index (χ1v) is 10.2. The molecule has 0 saturated heterocycles. The number of aliphatic imine (C=N–C) groups is 1. The van der Waals surface area contributed by atoms with E-state index >= 15 is 0 Å². The molecule has 0 aliphatic heterocycles. The Labute approximate surface area is 174 Å². The average Bonchev–Trinajstić information content (AvgIpc) is 3.19. The van der Waals surface area contributed by atoms with Crippen LogP contribution in [0.2, 0.25) is 0 Å². The molecule has 0 spiro atoms. The minimum atomic E-state index is -0.601. The lowest BCUT2D eigenvalue weighted by molar-refractivity contribution is 0.143. The van der Waals surface area contributed by atoms with Gasteiger partial charge in [0.2, 0.25) is 5.88 Å². The lowest BCUT2D eigenvalue weighted by Crippen LogP contribution is -2.38. The summed E-state index contributed by atoms with van der Waals surface area (Å²) in [5, 5.41) is 18.0. The number of ether oxygens (including phenoxy) is 2. The fourth-order valence-corrected chi connectivity index (χ4v) is 3.75. The highest BCUT2D eigenvalue weighted by atomic mass is 32.1. The van der Waals surface area contributed by atoms with E-state index in [1.54, 1.807) is 31.7 Å². The highest BCUT2D eigenvalue weighted by Crippen LogP contribution is 2.29. The van der Waals surface area contributed by atoms with Gasteiger partial charge in [0, 0.05) is 49.1 Å². The molecule has 2 aromatic heterocycles. The van der Waals surface area contributed by atoms with E-state index in [0.717, 1.165) is 15.8 Å². The zero-order valence-corrected chi connectivity index (χ0v) is 17.4. The molecule has 0 aliphatic carbocycles. The van der Waals surface area contributed by atoms with Crippen molar-refractivity contribution in [2.45, 2.75) is 12.6 Å². The fourth-order valence-electron chi connectivity index (χ4n) is 2.70. The van der Waals surface area contributed by atoms with E-state index in [2.05, 4.69) is 32.7 Å². The van der Waals surface area contributed by atoms with Crippen molar-refractivity contribution in [1.82, 2.24) is 15.6 Å². The Morgan fingerprint density at radius 2 is 2.07 bits per heavy atom. The number of methoxy groups -OCH3 is 1. The minimum absolute atomic E-state index is 0.372. The molecule has 29 heavy (non-hydrogen) atoms. The third kappa shape index (κ3) is 6.15. The number of rotatable bonds is 9. The van der Waals surface area contributed by atoms with Crippen LogP contribution in [0.25, 0.3) is 10.1 Å². The average molecular weight is 415 g/mol. The van der Waals surface area contributed by atoms with E-state index in [0.29, 0.717) is 38.1 Å². The molecule has 2 heterocycles. The molecule has 1 unspecified atom stereocenters. The second-order valence-electron chi connectivity index (χ2n) is 6.36. The third-order valence-electron chi connectivity index (χ3n) is 4.25. The van der Waals surface area contributed by atoms with Crippen molar-refractivity contribution in [2.24, 2.45) is 4.99 Å². The monoisotopic (exact) mass is 414 g/mol. The van der Waals surface area contributed by atoms with Gasteiger partial charge in [-0.05, 0) is 23.1 Å². The second-order valence-corrected chi connectivity index (χ2v) is 7.47. The van der Waals surface area contributed by atoms with Crippen molar-refractivity contribution in [3.05, 3.63) is 59.1 Å². The summed E-state index contributed by atoms with van der Waals surface area (Å²) in [6.45, 7) is 1.93. The molecule has 0 aliphatic rings. The highest BCUT2D eigenvalue weighted by Gasteiger charge is 2.12. The quantitative estimate of drug-likeness (QED) is 0.283. The number of pyridine rings is 1. The number of guanidine groups is 1. The third-order valence-corrected chi connectivity index (χ3v) is 5.47. The van der Waals surface area contributed by atoms with Gasteiger partial charge in [0.25, 0.3) is 0 Å². The summed E-state index contributed by atoms with van der Waals surface area (Å²) in [4.78, 5) is 9.41. The standard InChI is InChI=1S/C21H26N4O3S/c1-22-21(24-13-15-7-8-20(23-12-15)28-10-9-27-2)25-14-17(26)19-11-16-5-3-4-6-18(16)29-19/h3-8,11-12,17,26H,9-10,13-14H2,1-2H3,(H2,22,24,25). The van der Waals surface area contributed by atoms with Crippen LogP contribution < -0.4 is 15.4 Å². The molecule has 0 amide bonds. The van der Waals surface area contributed by atoms with Crippen molar-refractivity contribution in [3.8, 4) is 5.88 Å². The van der Waals surface area contributed by atoms with Gasteiger partial charge in [-0.1, -0.05) is 24.3 Å². The summed E-state index contributed by atoms with van der Waals surface area (Å²) in [7, 11) is 3.33. The van der Waals surface area contributed by atoms with Gasteiger partial charge in [-0.25, -0.2) is 4.98 Å². The van der Waals surface area contributed by atoms with E-state index in [1.165, 1.54) is 4.70 Å². The van der Waals surface area contributed by atoms with Gasteiger partial charge in [-0.2, -0.15) is 0 Å². The maximum atomic E-state index is 10.5. The summed E-state index contributed by atoms with van der Waals surface area (Å²) in [5.41, 5.74) is 0.997. The van der Waals surface area contributed by atoms with Crippen LogP contribution in [-0.4, -0.2) is 50.0 Å². The van der Waals surface area contributed by atoms with E-state index in [9.17, 15) is 5.11 Å². The van der Waals surface area contributed by atoms with E-state index in [1.807, 2.05) is 30.3 Å². The molecular weight excluding hydrogens is 388 g/mol. The van der Waals surface area contributed by atoms with Gasteiger partial charge in [0.05, 0.1) is 6.61 Å². The highest BCUT2D eigenvalue weighted by molar-refractivity contribution is 7.19. The van der Waals surface area contributed by atoms with E-state index in [-0.39, 0.29) is 0 Å². The lowest BCUT2D eigenvalue weighted by atomic mass is 10.2. The van der Waals surface area contributed by atoms with Crippen LogP contribution in [0, 0.1) is 0 Å². The molecule has 7 nitrogen and oxygen atoms in total. The first-order chi connectivity index (χ1) is 14.2. The molecule has 0 fully saturated rings. The van der Waals surface area contributed by atoms with E-state index in [4.69, 9.17) is 9.47 Å². The number of nitrogens with zero attached hydrogens (tertiary/aromatic N) is 2. The molecule has 8 heteroatoms. The molecule has 3 N–H and O–H groups in total. The summed E-state index contributed by atoms with van der Waals surface area (Å²) in [5.74, 6) is 1.19. The maximum absolute atomic E-state index is 10.5. The molecule has 3 aromatic rings. The SMILES string of the molecule is CN=C(NCc1ccc(OCCOC)nc1)NCC(O)c1cc2ccccc2s1. The maximum Gasteiger partial charge on any atom is 0.213 e. The smallest absolute Gasteiger partial charge is 0.213 e. The van der Waals surface area contributed by atoms with Crippen molar-refractivity contribution < 1.29 is 14.6 Å². The predicted molar refractivity (Wildman–Crippen MR) is 117 cm³/mol. The largest absolute Gasteiger partial charge is 0.475 e. The van der Waals surface area contributed by atoms with E-state index < -0.39 is 6.10 Å². The number of fused-ring (bicyclic) bond motifs is 1. The molecule has 0 radical (unpaired) electrons. The lowest BCUT2D eigenvalue weighted by Gasteiger charge is -2.14. The summed E-state index contributed by atoms with van der Waals surface area (Å²) in [6, 6.07) is 13.9. The number of nitrogens with one attached hydrogen (secondary N) is 2. The molecule has 154 valence electrons. The van der Waals surface area contributed by atoms with Gasteiger partial charge >= 0.3 is 0 Å². The minimum Gasteiger partial charge on any atom is -0.475 e. The Morgan fingerprint density at radius 3 is 2.79 bits per heavy atom. The number of hydrogen-bond acceptors (Lipinski definition) is 6. The zero-order chi connectivity index (χ0) is 20.5. The van der Waals surface area contributed by atoms with Gasteiger partial charge in [-0.15, -0.1) is 11.3 Å². The molecule has 1 atom stereocenters. The predicted octanol–water partition coefficient (Wildman–Crippen LogP) is 2.72. The summed E-state index contributed by atoms with van der Waals surface area (Å²) < 4.78 is 11.6. The zero-order valence-electron chi connectivity index (χ0n) is 16.6. The van der Waals surface area contributed by atoms with Gasteiger partial charge in [-0.3, -0.25) is 4.99 Å². The number of aliphatic hydroxyl groups is 1. The second kappa shape index (κ2) is 10.8. The first-order valence-electron chi connectivity index (χ1n) is 9.37. The Hall–Kier alpha value is -2.68. The van der Waals surface area contributed by atoms with Crippen molar-refractivity contribution >= 4 is 27.4 Å². The molecule has 1 aromatic carbocycles. The van der Waals surface area contributed by atoms with Crippen LogP contribution >= 0.6 is 11.3 Å². The van der Waals surface area contributed by atoms with Crippen LogP contribution in [0.15, 0.2) is 53.7 Å². The number of benzene rings is 1. The Bertz CT molecular complexity index is 894. The molecule has 3 rings (SSSR count). The molecule has 0 bridgehead atoms. The summed E-state index contributed by atoms with van der Waals surface area (Å²) in [6.07, 6.45) is 1.16. The van der Waals surface area contributed by atoms with Gasteiger partial charge < -0.3 is 25.2 Å². The normalized spacial score (nSPS) is 12.7. The Morgan fingerprint density at radius 1 is 1.21 bits per heavy atom. The fraction of sp³-hybridized carbons (Fsp3) is 0.333. The van der Waals surface area contributed by atoms with Crippen LogP contribution in [-0.2, 0) is 11.3 Å². The topological polar surface area (TPSA) is 88.0 Å². The van der Waals surface area contributed by atoms with Crippen molar-refractivity contribution in [2.75, 3.05) is 33.9 Å². The molecule has 0 saturated carbocycles. The number of hydrogen-bond donors (Lipinski definition) is 3. The van der Waals surface area contributed by atoms with Gasteiger partial charge in [0.15, 0.2) is 5.96 Å². The van der Waals surface area contributed by atoms with Crippen LogP contribution in [0.1, 0.15) is 16.5 Å². The van der Waals surface area contributed by atoms with Crippen LogP contribution in [0.4, 0.5) is 0 Å². The van der Waals surface area contributed by atoms with Crippen LogP contribution in [0.5, 0.6) is 5.88 Å². The Balaban J connectivity index is 1.46. The molecular formula is C21H26N4O3S. The van der Waals surface area contributed by atoms with Crippen molar-refractivity contribution in [1.29, 1.82) is 0 Å².